The van der Waals surface area contributed by atoms with E-state index in [1.165, 1.54) is 28.0 Å². The molecule has 1 aliphatic carbocycles. The molecule has 0 atom stereocenters. The van der Waals surface area contributed by atoms with E-state index in [1.54, 1.807) is 0 Å². The highest BCUT2D eigenvalue weighted by Gasteiger charge is 2.15. The molecule has 0 amide bonds. The van der Waals surface area contributed by atoms with Gasteiger partial charge in [-0.3, -0.25) is 0 Å². The molecule has 1 aromatic carbocycles. The van der Waals surface area contributed by atoms with Crippen molar-refractivity contribution in [2.45, 2.75) is 33.1 Å². The lowest BCUT2D eigenvalue weighted by Crippen LogP contribution is -2.10. The van der Waals surface area contributed by atoms with Crippen LogP contribution in [0.15, 0.2) is 17.8 Å². The standard InChI is InChI=1S/C15H21N/c1-5-11-7-13-9-15(16(3)4)10-14(13)8-12(11)6-2/h7-9H,5-6,10H2,1-4H3. The van der Waals surface area contributed by atoms with Gasteiger partial charge in [0.2, 0.25) is 0 Å². The summed E-state index contributed by atoms with van der Waals surface area (Å²) in [5.74, 6) is 0. The molecule has 0 radical (unpaired) electrons. The number of allylic oxidation sites excluding steroid dienone is 1. The normalized spacial score (nSPS) is 13.6. The van der Waals surface area contributed by atoms with Gasteiger partial charge in [-0.15, -0.1) is 0 Å². The van der Waals surface area contributed by atoms with Gasteiger partial charge in [-0.2, -0.15) is 0 Å². The average Bonchev–Trinajstić information content (AvgIpc) is 2.69. The van der Waals surface area contributed by atoms with Crippen molar-refractivity contribution in [2.75, 3.05) is 14.1 Å². The van der Waals surface area contributed by atoms with Gasteiger partial charge in [0.1, 0.15) is 0 Å². The molecule has 0 saturated heterocycles. The minimum absolute atomic E-state index is 1.10. The number of rotatable bonds is 3. The predicted octanol–water partition coefficient (Wildman–Crippen LogP) is 3.27. The SMILES string of the molecule is CCc1cc2c(cc1CC)CC(N(C)C)=C2. The van der Waals surface area contributed by atoms with Crippen LogP contribution < -0.4 is 0 Å². The molecule has 1 heteroatoms. The van der Waals surface area contributed by atoms with Crippen LogP contribution in [0.4, 0.5) is 0 Å². The Kier molecular flexibility index (Phi) is 3.04. The van der Waals surface area contributed by atoms with E-state index in [0.29, 0.717) is 0 Å². The molecule has 1 aromatic rings. The minimum atomic E-state index is 1.10. The molecule has 0 aliphatic heterocycles. The third-order valence-corrected chi connectivity index (χ3v) is 3.49. The number of aryl methyl sites for hydroxylation is 2. The van der Waals surface area contributed by atoms with Gasteiger partial charge >= 0.3 is 0 Å². The van der Waals surface area contributed by atoms with Gasteiger partial charge < -0.3 is 4.90 Å². The van der Waals surface area contributed by atoms with Gasteiger partial charge in [-0.05, 0) is 41.2 Å². The largest absolute Gasteiger partial charge is 0.381 e. The number of benzene rings is 1. The van der Waals surface area contributed by atoms with E-state index in [2.05, 4.69) is 51.1 Å². The van der Waals surface area contributed by atoms with Crippen LogP contribution in [-0.4, -0.2) is 19.0 Å². The molecule has 0 aromatic heterocycles. The van der Waals surface area contributed by atoms with Gasteiger partial charge in [-0.25, -0.2) is 0 Å². The Hall–Kier alpha value is -1.24. The highest BCUT2D eigenvalue weighted by atomic mass is 15.1. The van der Waals surface area contributed by atoms with Crippen molar-refractivity contribution in [2.24, 2.45) is 0 Å². The molecule has 86 valence electrons. The summed E-state index contributed by atoms with van der Waals surface area (Å²) >= 11 is 0. The Morgan fingerprint density at radius 1 is 1.06 bits per heavy atom. The predicted molar refractivity (Wildman–Crippen MR) is 70.6 cm³/mol. The summed E-state index contributed by atoms with van der Waals surface area (Å²) in [6, 6.07) is 4.78. The molecule has 0 heterocycles. The fourth-order valence-electron chi connectivity index (χ4n) is 2.42. The minimum Gasteiger partial charge on any atom is -0.381 e. The Bertz CT molecular complexity index is 427. The van der Waals surface area contributed by atoms with Crippen LogP contribution in [0.1, 0.15) is 36.1 Å². The second-order valence-corrected chi connectivity index (χ2v) is 4.73. The fraction of sp³-hybridized carbons (Fsp3) is 0.467. The van der Waals surface area contributed by atoms with E-state index in [9.17, 15) is 0 Å². The second-order valence-electron chi connectivity index (χ2n) is 4.73. The summed E-state index contributed by atoms with van der Waals surface area (Å²) in [6.45, 7) is 4.49. The van der Waals surface area contributed by atoms with Crippen LogP contribution in [0.5, 0.6) is 0 Å². The first-order valence-corrected chi connectivity index (χ1v) is 6.18. The zero-order valence-electron chi connectivity index (χ0n) is 10.8. The molecule has 0 saturated carbocycles. The molecule has 0 fully saturated rings. The van der Waals surface area contributed by atoms with E-state index in [1.807, 2.05) is 0 Å². The van der Waals surface area contributed by atoms with Gasteiger partial charge in [0.05, 0.1) is 0 Å². The number of likely N-dealkylation sites (N-methyl/N-ethyl adjacent to an activating group) is 1. The molecular formula is C15H21N. The first-order chi connectivity index (χ1) is 7.65. The summed E-state index contributed by atoms with van der Waals surface area (Å²) in [4.78, 5) is 2.22. The van der Waals surface area contributed by atoms with Crippen molar-refractivity contribution in [3.05, 3.63) is 40.1 Å². The maximum atomic E-state index is 2.40. The number of nitrogens with zero attached hydrogens (tertiary/aromatic N) is 1. The zero-order valence-corrected chi connectivity index (χ0v) is 10.8. The Morgan fingerprint density at radius 3 is 2.25 bits per heavy atom. The number of hydrogen-bond donors (Lipinski definition) is 0. The highest BCUT2D eigenvalue weighted by Crippen LogP contribution is 2.29. The Morgan fingerprint density at radius 2 is 1.69 bits per heavy atom. The summed E-state index contributed by atoms with van der Waals surface area (Å²) < 4.78 is 0. The summed E-state index contributed by atoms with van der Waals surface area (Å²) in [6.07, 6.45) is 5.71. The topological polar surface area (TPSA) is 3.24 Å². The Balaban J connectivity index is 2.40. The molecule has 2 rings (SSSR count). The third kappa shape index (κ3) is 1.87. The molecule has 0 bridgehead atoms. The molecule has 1 aliphatic rings. The molecule has 16 heavy (non-hydrogen) atoms. The van der Waals surface area contributed by atoms with Crippen molar-refractivity contribution in [3.8, 4) is 0 Å². The Labute approximate surface area is 98.8 Å². The number of hydrogen-bond acceptors (Lipinski definition) is 1. The molecule has 0 unspecified atom stereocenters. The van der Waals surface area contributed by atoms with Gasteiger partial charge in [0.25, 0.3) is 0 Å². The lowest BCUT2D eigenvalue weighted by molar-refractivity contribution is 0.507. The second kappa shape index (κ2) is 4.32. The summed E-state index contributed by atoms with van der Waals surface area (Å²) in [5, 5.41) is 0. The van der Waals surface area contributed by atoms with Gasteiger partial charge in [0.15, 0.2) is 0 Å². The van der Waals surface area contributed by atoms with E-state index in [4.69, 9.17) is 0 Å². The lowest BCUT2D eigenvalue weighted by Gasteiger charge is -2.13. The van der Waals surface area contributed by atoms with E-state index in [0.717, 1.165) is 19.3 Å². The first-order valence-electron chi connectivity index (χ1n) is 6.18. The van der Waals surface area contributed by atoms with Crippen LogP contribution in [0.25, 0.3) is 6.08 Å². The van der Waals surface area contributed by atoms with Crippen molar-refractivity contribution >= 4 is 6.08 Å². The quantitative estimate of drug-likeness (QED) is 0.748. The maximum absolute atomic E-state index is 2.40. The first kappa shape index (κ1) is 11.3. The van der Waals surface area contributed by atoms with Crippen molar-refractivity contribution in [3.63, 3.8) is 0 Å². The smallest absolute Gasteiger partial charge is 0.0178 e. The van der Waals surface area contributed by atoms with E-state index < -0.39 is 0 Å². The average molecular weight is 215 g/mol. The van der Waals surface area contributed by atoms with Crippen molar-refractivity contribution in [1.82, 2.24) is 4.90 Å². The van der Waals surface area contributed by atoms with Gasteiger partial charge in [-0.1, -0.05) is 26.0 Å². The van der Waals surface area contributed by atoms with Crippen LogP contribution in [0, 0.1) is 0 Å². The number of fused-ring (bicyclic) bond motifs is 1. The monoisotopic (exact) mass is 215 g/mol. The molecule has 0 spiro atoms. The summed E-state index contributed by atoms with van der Waals surface area (Å²) in [7, 11) is 4.25. The zero-order chi connectivity index (χ0) is 11.7. The maximum Gasteiger partial charge on any atom is 0.0178 e. The van der Waals surface area contributed by atoms with Crippen LogP contribution in [-0.2, 0) is 19.3 Å². The lowest BCUT2D eigenvalue weighted by atomic mass is 9.97. The highest BCUT2D eigenvalue weighted by molar-refractivity contribution is 5.65. The van der Waals surface area contributed by atoms with Crippen LogP contribution in [0.2, 0.25) is 0 Å². The van der Waals surface area contributed by atoms with Crippen molar-refractivity contribution in [1.29, 1.82) is 0 Å². The summed E-state index contributed by atoms with van der Waals surface area (Å²) in [5.41, 5.74) is 7.38. The van der Waals surface area contributed by atoms with Crippen LogP contribution in [0.3, 0.4) is 0 Å². The third-order valence-electron chi connectivity index (χ3n) is 3.49. The molecule has 1 nitrogen and oxygen atoms in total. The molecule has 0 N–H and O–H groups in total. The van der Waals surface area contributed by atoms with Gasteiger partial charge in [0, 0.05) is 26.2 Å². The van der Waals surface area contributed by atoms with E-state index >= 15 is 0 Å². The fourth-order valence-corrected chi connectivity index (χ4v) is 2.42. The van der Waals surface area contributed by atoms with Crippen molar-refractivity contribution < 1.29 is 0 Å². The molecular weight excluding hydrogens is 194 g/mol. The van der Waals surface area contributed by atoms with Crippen LogP contribution >= 0.6 is 0 Å². The van der Waals surface area contributed by atoms with E-state index in [-0.39, 0.29) is 0 Å².